The quantitative estimate of drug-likeness (QED) is 0.923. The molecule has 1 aliphatic heterocycles. The van der Waals surface area contributed by atoms with E-state index in [1.54, 1.807) is 6.07 Å². The Labute approximate surface area is 110 Å². The van der Waals surface area contributed by atoms with E-state index < -0.39 is 0 Å². The van der Waals surface area contributed by atoms with E-state index in [4.69, 9.17) is 0 Å². The van der Waals surface area contributed by atoms with Crippen LogP contribution in [0, 0.1) is 5.82 Å². The van der Waals surface area contributed by atoms with Gasteiger partial charge in [0.25, 0.3) is 0 Å². The fourth-order valence-electron chi connectivity index (χ4n) is 2.22. The van der Waals surface area contributed by atoms with Gasteiger partial charge < -0.3 is 5.32 Å². The highest BCUT2D eigenvalue weighted by Gasteiger charge is 2.18. The summed E-state index contributed by atoms with van der Waals surface area (Å²) in [7, 11) is 0. The van der Waals surface area contributed by atoms with Gasteiger partial charge in [0.05, 0.1) is 0 Å². The molecule has 0 amide bonds. The van der Waals surface area contributed by atoms with Crippen LogP contribution < -0.4 is 5.32 Å². The molecule has 2 rings (SSSR count). The van der Waals surface area contributed by atoms with Gasteiger partial charge in [-0.25, -0.2) is 4.39 Å². The number of hydrogen-bond donors (Lipinski definition) is 1. The number of benzene rings is 1. The molecule has 0 aromatic heterocycles. The number of hydrogen-bond acceptors (Lipinski definition) is 2. The van der Waals surface area contributed by atoms with E-state index in [0.717, 1.165) is 36.1 Å². The number of piperazine rings is 1. The third kappa shape index (κ3) is 3.50. The maximum absolute atomic E-state index is 13.6. The van der Waals surface area contributed by atoms with Crippen molar-refractivity contribution in [3.05, 3.63) is 34.1 Å². The van der Waals surface area contributed by atoms with Gasteiger partial charge in [-0.2, -0.15) is 0 Å². The van der Waals surface area contributed by atoms with Crippen molar-refractivity contribution >= 4 is 15.9 Å². The highest BCUT2D eigenvalue weighted by atomic mass is 79.9. The summed E-state index contributed by atoms with van der Waals surface area (Å²) in [5.41, 5.74) is 0.774. The molecular weight excluding hydrogens is 283 g/mol. The molecule has 0 bridgehead atoms. The Bertz CT molecular complexity index is 384. The Morgan fingerprint density at radius 3 is 3.12 bits per heavy atom. The van der Waals surface area contributed by atoms with Gasteiger partial charge in [-0.1, -0.05) is 22.9 Å². The minimum absolute atomic E-state index is 0.111. The van der Waals surface area contributed by atoms with E-state index in [9.17, 15) is 4.39 Å². The van der Waals surface area contributed by atoms with E-state index in [1.165, 1.54) is 6.07 Å². The van der Waals surface area contributed by atoms with E-state index in [0.29, 0.717) is 12.6 Å². The van der Waals surface area contributed by atoms with Crippen molar-refractivity contribution < 1.29 is 4.39 Å². The van der Waals surface area contributed by atoms with E-state index in [2.05, 4.69) is 33.1 Å². The largest absolute Gasteiger partial charge is 0.311 e. The Kier molecular flexibility index (Phi) is 4.54. The van der Waals surface area contributed by atoms with E-state index >= 15 is 0 Å². The monoisotopic (exact) mass is 300 g/mol. The summed E-state index contributed by atoms with van der Waals surface area (Å²) in [5, 5.41) is 3.47. The molecule has 0 saturated carbocycles. The summed E-state index contributed by atoms with van der Waals surface area (Å²) >= 11 is 3.39. The summed E-state index contributed by atoms with van der Waals surface area (Å²) in [6.45, 7) is 5.86. The number of nitrogens with one attached hydrogen (secondary N) is 1. The Morgan fingerprint density at radius 1 is 1.53 bits per heavy atom. The second-order valence-electron chi connectivity index (χ2n) is 4.53. The Morgan fingerprint density at radius 2 is 2.35 bits per heavy atom. The van der Waals surface area contributed by atoms with Crippen LogP contribution in [0.25, 0.3) is 0 Å². The summed E-state index contributed by atoms with van der Waals surface area (Å²) < 4.78 is 14.6. The smallest absolute Gasteiger partial charge is 0.127 e. The molecule has 0 aliphatic carbocycles. The van der Waals surface area contributed by atoms with Crippen LogP contribution in [0.5, 0.6) is 0 Å². The molecule has 1 N–H and O–H groups in total. The lowest BCUT2D eigenvalue weighted by molar-refractivity contribution is 0.188. The van der Waals surface area contributed by atoms with Gasteiger partial charge in [0, 0.05) is 42.3 Å². The van der Waals surface area contributed by atoms with Crippen LogP contribution in [0.4, 0.5) is 4.39 Å². The first kappa shape index (κ1) is 13.0. The molecule has 0 spiro atoms. The predicted molar refractivity (Wildman–Crippen MR) is 71.5 cm³/mol. The van der Waals surface area contributed by atoms with Crippen molar-refractivity contribution in [1.82, 2.24) is 10.2 Å². The van der Waals surface area contributed by atoms with Crippen LogP contribution >= 0.6 is 15.9 Å². The molecule has 1 fully saturated rings. The van der Waals surface area contributed by atoms with Crippen molar-refractivity contribution in [2.24, 2.45) is 0 Å². The fraction of sp³-hybridized carbons (Fsp3) is 0.538. The second-order valence-corrected chi connectivity index (χ2v) is 5.45. The molecule has 1 aliphatic rings. The lowest BCUT2D eigenvalue weighted by Gasteiger charge is -2.33. The molecule has 4 heteroatoms. The zero-order valence-corrected chi connectivity index (χ0v) is 11.6. The van der Waals surface area contributed by atoms with Crippen molar-refractivity contribution in [2.45, 2.75) is 25.9 Å². The molecule has 1 aromatic rings. The summed E-state index contributed by atoms with van der Waals surface area (Å²) in [5.74, 6) is -0.111. The first-order valence-electron chi connectivity index (χ1n) is 6.08. The van der Waals surface area contributed by atoms with Crippen LogP contribution in [-0.2, 0) is 6.54 Å². The highest BCUT2D eigenvalue weighted by Crippen LogP contribution is 2.18. The van der Waals surface area contributed by atoms with Gasteiger partial charge in [0.1, 0.15) is 5.82 Å². The molecule has 1 saturated heterocycles. The van der Waals surface area contributed by atoms with Crippen LogP contribution in [0.15, 0.2) is 22.7 Å². The molecule has 1 heterocycles. The van der Waals surface area contributed by atoms with Crippen molar-refractivity contribution in [2.75, 3.05) is 19.6 Å². The number of halogens is 2. The molecule has 1 aromatic carbocycles. The first-order chi connectivity index (χ1) is 8.19. The normalized spacial score (nSPS) is 21.7. The minimum atomic E-state index is -0.111. The zero-order chi connectivity index (χ0) is 12.3. The summed E-state index contributed by atoms with van der Waals surface area (Å²) in [6.07, 6.45) is 1.12. The fourth-order valence-corrected chi connectivity index (χ4v) is 2.63. The third-order valence-corrected chi connectivity index (χ3v) is 3.73. The van der Waals surface area contributed by atoms with Gasteiger partial charge in [-0.15, -0.1) is 0 Å². The highest BCUT2D eigenvalue weighted by molar-refractivity contribution is 9.10. The lowest BCUT2D eigenvalue weighted by atomic mass is 10.1. The zero-order valence-electron chi connectivity index (χ0n) is 10.0. The van der Waals surface area contributed by atoms with Gasteiger partial charge in [0.15, 0.2) is 0 Å². The third-order valence-electron chi connectivity index (χ3n) is 3.23. The predicted octanol–water partition coefficient (Wildman–Crippen LogP) is 2.77. The molecule has 2 nitrogen and oxygen atoms in total. The van der Waals surface area contributed by atoms with Gasteiger partial charge >= 0.3 is 0 Å². The lowest BCUT2D eigenvalue weighted by Crippen LogP contribution is -2.49. The average molecular weight is 301 g/mol. The van der Waals surface area contributed by atoms with Crippen LogP contribution in [0.2, 0.25) is 0 Å². The number of rotatable bonds is 3. The maximum Gasteiger partial charge on any atom is 0.127 e. The van der Waals surface area contributed by atoms with Crippen molar-refractivity contribution in [3.8, 4) is 0 Å². The topological polar surface area (TPSA) is 15.3 Å². The van der Waals surface area contributed by atoms with E-state index in [1.807, 2.05) is 6.07 Å². The van der Waals surface area contributed by atoms with Crippen molar-refractivity contribution in [1.29, 1.82) is 0 Å². The number of nitrogens with zero attached hydrogens (tertiary/aromatic N) is 1. The summed E-state index contributed by atoms with van der Waals surface area (Å²) in [4.78, 5) is 2.32. The SMILES string of the molecule is CCC1CN(Cc2cc(Br)ccc2F)CCN1. The van der Waals surface area contributed by atoms with E-state index in [-0.39, 0.29) is 5.82 Å². The Balaban J connectivity index is 2.02. The van der Waals surface area contributed by atoms with Crippen molar-refractivity contribution in [3.63, 3.8) is 0 Å². The summed E-state index contributed by atoms with van der Waals surface area (Å²) in [6, 6.07) is 5.68. The first-order valence-corrected chi connectivity index (χ1v) is 6.88. The Hall–Kier alpha value is -0.450. The average Bonchev–Trinajstić information content (AvgIpc) is 2.34. The molecular formula is C13H18BrFN2. The molecule has 94 valence electrons. The molecule has 1 atom stereocenters. The second kappa shape index (κ2) is 5.94. The van der Waals surface area contributed by atoms with Gasteiger partial charge in [0.2, 0.25) is 0 Å². The van der Waals surface area contributed by atoms with Gasteiger partial charge in [-0.05, 0) is 24.6 Å². The van der Waals surface area contributed by atoms with Crippen LogP contribution in [0.3, 0.4) is 0 Å². The molecule has 0 radical (unpaired) electrons. The van der Waals surface area contributed by atoms with Crippen LogP contribution in [-0.4, -0.2) is 30.6 Å². The maximum atomic E-state index is 13.6. The standard InChI is InChI=1S/C13H18BrFN2/c1-2-12-9-17(6-5-16-12)8-10-7-11(14)3-4-13(10)15/h3-4,7,12,16H,2,5-6,8-9H2,1H3. The molecule has 1 unspecified atom stereocenters. The minimum Gasteiger partial charge on any atom is -0.311 e. The molecule has 17 heavy (non-hydrogen) atoms. The van der Waals surface area contributed by atoms with Crippen LogP contribution in [0.1, 0.15) is 18.9 Å². The van der Waals surface area contributed by atoms with Gasteiger partial charge in [-0.3, -0.25) is 4.90 Å².